The second-order valence-electron chi connectivity index (χ2n) is 5.15. The van der Waals surface area contributed by atoms with E-state index in [1.54, 1.807) is 17.2 Å². The average molecular weight is 286 g/mol. The summed E-state index contributed by atoms with van der Waals surface area (Å²) in [6.45, 7) is 3.51. The number of nitrogens with zero attached hydrogens (tertiary/aromatic N) is 3. The van der Waals surface area contributed by atoms with Crippen molar-refractivity contribution in [2.75, 3.05) is 19.3 Å². The van der Waals surface area contributed by atoms with Crippen molar-refractivity contribution in [3.63, 3.8) is 0 Å². The molecule has 5 heteroatoms. The number of amides is 1. The molecule has 2 rings (SSSR count). The fraction of sp³-hybridized carbons (Fsp3) is 0.375. The SMILES string of the molecule is CCCn1cc(N)cc1C(=O)N(C)CCc1ccccn1. The van der Waals surface area contributed by atoms with Crippen LogP contribution >= 0.6 is 0 Å². The predicted octanol–water partition coefficient (Wildman–Crippen LogP) is 2.19. The number of hydrogen-bond donors (Lipinski definition) is 1. The molecule has 21 heavy (non-hydrogen) atoms. The topological polar surface area (TPSA) is 64.2 Å². The van der Waals surface area contributed by atoms with E-state index in [-0.39, 0.29) is 5.91 Å². The molecule has 0 aromatic carbocycles. The zero-order valence-corrected chi connectivity index (χ0v) is 12.6. The molecule has 0 unspecified atom stereocenters. The molecule has 1 amide bonds. The van der Waals surface area contributed by atoms with Crippen LogP contribution in [0.2, 0.25) is 0 Å². The second-order valence-corrected chi connectivity index (χ2v) is 5.15. The van der Waals surface area contributed by atoms with Crippen molar-refractivity contribution >= 4 is 11.6 Å². The Morgan fingerprint density at radius 2 is 2.24 bits per heavy atom. The summed E-state index contributed by atoms with van der Waals surface area (Å²) in [5, 5.41) is 0. The van der Waals surface area contributed by atoms with E-state index in [1.165, 1.54) is 0 Å². The van der Waals surface area contributed by atoms with E-state index in [0.717, 1.165) is 25.1 Å². The van der Waals surface area contributed by atoms with E-state index in [4.69, 9.17) is 5.73 Å². The van der Waals surface area contributed by atoms with Crippen LogP contribution in [0, 0.1) is 0 Å². The minimum Gasteiger partial charge on any atom is -0.397 e. The van der Waals surface area contributed by atoms with Gasteiger partial charge in [-0.15, -0.1) is 0 Å². The third kappa shape index (κ3) is 3.84. The van der Waals surface area contributed by atoms with Gasteiger partial charge in [-0.3, -0.25) is 9.78 Å². The van der Waals surface area contributed by atoms with Gasteiger partial charge in [-0.05, 0) is 24.6 Å². The van der Waals surface area contributed by atoms with Crippen molar-refractivity contribution < 1.29 is 4.79 Å². The summed E-state index contributed by atoms with van der Waals surface area (Å²) in [5.74, 6) is -0.00363. The molecular weight excluding hydrogens is 264 g/mol. The first kappa shape index (κ1) is 15.1. The molecule has 2 aromatic rings. The Morgan fingerprint density at radius 3 is 2.90 bits per heavy atom. The van der Waals surface area contributed by atoms with Crippen LogP contribution in [0.15, 0.2) is 36.7 Å². The number of anilines is 1. The molecule has 0 aliphatic carbocycles. The highest BCUT2D eigenvalue weighted by atomic mass is 16.2. The van der Waals surface area contributed by atoms with E-state index in [1.807, 2.05) is 36.0 Å². The number of hydrogen-bond acceptors (Lipinski definition) is 3. The minimum absolute atomic E-state index is 0.00363. The molecule has 0 atom stereocenters. The number of aryl methyl sites for hydroxylation is 1. The van der Waals surface area contributed by atoms with E-state index < -0.39 is 0 Å². The second kappa shape index (κ2) is 6.92. The number of carbonyl (C=O) groups excluding carboxylic acids is 1. The first-order chi connectivity index (χ1) is 10.1. The smallest absolute Gasteiger partial charge is 0.270 e. The molecule has 0 aliphatic heterocycles. The number of likely N-dealkylation sites (N-methyl/N-ethyl adjacent to an activating group) is 1. The van der Waals surface area contributed by atoms with Crippen LogP contribution in [0.5, 0.6) is 0 Å². The van der Waals surface area contributed by atoms with Crippen molar-refractivity contribution in [1.29, 1.82) is 0 Å². The van der Waals surface area contributed by atoms with Crippen LogP contribution in [0.3, 0.4) is 0 Å². The lowest BCUT2D eigenvalue weighted by Crippen LogP contribution is -2.30. The molecule has 0 fully saturated rings. The zero-order chi connectivity index (χ0) is 15.2. The normalized spacial score (nSPS) is 10.6. The Labute approximate surface area is 125 Å². The summed E-state index contributed by atoms with van der Waals surface area (Å²) < 4.78 is 1.93. The highest BCUT2D eigenvalue weighted by Crippen LogP contribution is 2.13. The van der Waals surface area contributed by atoms with E-state index >= 15 is 0 Å². The molecule has 2 heterocycles. The van der Waals surface area contributed by atoms with E-state index in [2.05, 4.69) is 11.9 Å². The number of rotatable bonds is 6. The van der Waals surface area contributed by atoms with Crippen LogP contribution in [0.4, 0.5) is 5.69 Å². The molecule has 5 nitrogen and oxygen atoms in total. The molecule has 0 saturated carbocycles. The Bertz CT molecular complexity index is 592. The van der Waals surface area contributed by atoms with Crippen molar-refractivity contribution in [3.8, 4) is 0 Å². The molecule has 0 spiro atoms. The number of pyridine rings is 1. The van der Waals surface area contributed by atoms with Gasteiger partial charge in [-0.2, -0.15) is 0 Å². The van der Waals surface area contributed by atoms with Crippen molar-refractivity contribution in [1.82, 2.24) is 14.5 Å². The molecule has 0 radical (unpaired) electrons. The van der Waals surface area contributed by atoms with Crippen molar-refractivity contribution in [2.24, 2.45) is 0 Å². The van der Waals surface area contributed by atoms with Crippen molar-refractivity contribution in [3.05, 3.63) is 48.0 Å². The highest BCUT2D eigenvalue weighted by molar-refractivity contribution is 5.93. The first-order valence-corrected chi connectivity index (χ1v) is 7.23. The standard InChI is InChI=1S/C16H22N4O/c1-3-9-20-12-13(17)11-15(20)16(21)19(2)10-7-14-6-4-5-8-18-14/h4-6,8,11-12H,3,7,9-10,17H2,1-2H3. The maximum Gasteiger partial charge on any atom is 0.270 e. The maximum absolute atomic E-state index is 12.5. The molecule has 0 bridgehead atoms. The molecular formula is C16H22N4O. The summed E-state index contributed by atoms with van der Waals surface area (Å²) in [6.07, 6.45) is 5.30. The van der Waals surface area contributed by atoms with Gasteiger partial charge in [-0.1, -0.05) is 13.0 Å². The van der Waals surface area contributed by atoms with Crippen LogP contribution in [0.1, 0.15) is 29.5 Å². The zero-order valence-electron chi connectivity index (χ0n) is 12.6. The van der Waals surface area contributed by atoms with Gasteiger partial charge in [0.05, 0.1) is 5.69 Å². The summed E-state index contributed by atoms with van der Waals surface area (Å²) >= 11 is 0. The molecule has 2 aromatic heterocycles. The van der Waals surface area contributed by atoms with Gasteiger partial charge in [0.25, 0.3) is 5.91 Å². The third-order valence-electron chi connectivity index (χ3n) is 3.38. The summed E-state index contributed by atoms with van der Waals surface area (Å²) in [7, 11) is 1.81. The Hall–Kier alpha value is -2.30. The van der Waals surface area contributed by atoms with Crippen LogP contribution < -0.4 is 5.73 Å². The van der Waals surface area contributed by atoms with Gasteiger partial charge >= 0.3 is 0 Å². The molecule has 112 valence electrons. The Balaban J connectivity index is 2.02. The lowest BCUT2D eigenvalue weighted by atomic mass is 10.2. The van der Waals surface area contributed by atoms with Gasteiger partial charge < -0.3 is 15.2 Å². The van der Waals surface area contributed by atoms with Crippen LogP contribution in [-0.2, 0) is 13.0 Å². The van der Waals surface area contributed by atoms with Gasteiger partial charge in [-0.25, -0.2) is 0 Å². The summed E-state index contributed by atoms with van der Waals surface area (Å²) in [4.78, 5) is 18.5. The number of nitrogen functional groups attached to an aromatic ring is 1. The van der Waals surface area contributed by atoms with Crippen LogP contribution in [-0.4, -0.2) is 34.0 Å². The summed E-state index contributed by atoms with van der Waals surface area (Å²) in [6, 6.07) is 7.56. The third-order valence-corrected chi connectivity index (χ3v) is 3.38. The largest absolute Gasteiger partial charge is 0.397 e. The van der Waals surface area contributed by atoms with Gasteiger partial charge in [0.1, 0.15) is 5.69 Å². The van der Waals surface area contributed by atoms with Gasteiger partial charge in [0.15, 0.2) is 0 Å². The maximum atomic E-state index is 12.5. The van der Waals surface area contributed by atoms with Gasteiger partial charge in [0, 0.05) is 44.6 Å². The molecule has 0 aliphatic rings. The number of aromatic nitrogens is 2. The summed E-state index contributed by atoms with van der Waals surface area (Å²) in [5.41, 5.74) is 8.08. The Kier molecular flexibility index (Phi) is 4.98. The lowest BCUT2D eigenvalue weighted by Gasteiger charge is -2.18. The lowest BCUT2D eigenvalue weighted by molar-refractivity contribution is 0.0785. The highest BCUT2D eigenvalue weighted by Gasteiger charge is 2.16. The van der Waals surface area contributed by atoms with Crippen molar-refractivity contribution in [2.45, 2.75) is 26.3 Å². The van der Waals surface area contributed by atoms with E-state index in [0.29, 0.717) is 17.9 Å². The minimum atomic E-state index is -0.00363. The van der Waals surface area contributed by atoms with E-state index in [9.17, 15) is 4.79 Å². The number of nitrogens with two attached hydrogens (primary N) is 1. The predicted molar refractivity (Wildman–Crippen MR) is 84.0 cm³/mol. The monoisotopic (exact) mass is 286 g/mol. The fourth-order valence-corrected chi connectivity index (χ4v) is 2.26. The average Bonchev–Trinajstić information content (AvgIpc) is 2.86. The first-order valence-electron chi connectivity index (χ1n) is 7.23. The fourth-order valence-electron chi connectivity index (χ4n) is 2.26. The Morgan fingerprint density at radius 1 is 1.43 bits per heavy atom. The molecule has 0 saturated heterocycles. The quantitative estimate of drug-likeness (QED) is 0.885. The van der Waals surface area contributed by atoms with Gasteiger partial charge in [0.2, 0.25) is 0 Å². The number of carbonyl (C=O) groups is 1. The van der Waals surface area contributed by atoms with Crippen LogP contribution in [0.25, 0.3) is 0 Å². The molecule has 2 N–H and O–H groups in total.